The van der Waals surface area contributed by atoms with E-state index in [9.17, 15) is 15.3 Å². The number of fused-ring (bicyclic) bond motifs is 4. The summed E-state index contributed by atoms with van der Waals surface area (Å²) in [5.41, 5.74) is 2.37. The highest BCUT2D eigenvalue weighted by atomic mass is 35.5. The Hall–Kier alpha value is -2.30. The van der Waals surface area contributed by atoms with Crippen molar-refractivity contribution >= 4 is 28.6 Å². The third-order valence-electron chi connectivity index (χ3n) is 7.93. The van der Waals surface area contributed by atoms with Crippen molar-refractivity contribution < 1.29 is 20.1 Å². The first-order valence-corrected chi connectivity index (χ1v) is 12.2. The monoisotopic (exact) mass is 485 g/mol. The minimum atomic E-state index is -1.20. The molecule has 3 heterocycles. The number of hydrogen-bond acceptors (Lipinski definition) is 8. The van der Waals surface area contributed by atoms with E-state index >= 15 is 0 Å². The maximum absolute atomic E-state index is 10.5. The summed E-state index contributed by atoms with van der Waals surface area (Å²) in [5, 5.41) is 34.5. The second kappa shape index (κ2) is 8.73. The van der Waals surface area contributed by atoms with E-state index in [1.165, 1.54) is 43.9 Å². The van der Waals surface area contributed by atoms with Crippen molar-refractivity contribution in [3.63, 3.8) is 0 Å². The fraction of sp³-hybridized carbons (Fsp3) is 0.542. The minimum Gasteiger partial charge on any atom is -0.394 e. The molecule has 1 aliphatic heterocycles. The minimum absolute atomic E-state index is 0.214. The first-order chi connectivity index (χ1) is 16.5. The average molecular weight is 486 g/mol. The van der Waals surface area contributed by atoms with Crippen LogP contribution in [0.4, 0.5) is 5.82 Å². The molecule has 4 aliphatic rings. The van der Waals surface area contributed by atoms with Gasteiger partial charge in [-0.15, -0.1) is 0 Å². The highest BCUT2D eigenvalue weighted by Gasteiger charge is 2.46. The molecule has 2 unspecified atom stereocenters. The Morgan fingerprint density at radius 1 is 1.00 bits per heavy atom. The van der Waals surface area contributed by atoms with E-state index in [0.29, 0.717) is 34.7 Å². The van der Waals surface area contributed by atoms with Gasteiger partial charge in [0, 0.05) is 17.0 Å². The number of imidazole rings is 1. The number of nitrogens with one attached hydrogen (secondary N) is 1. The van der Waals surface area contributed by atoms with Crippen LogP contribution in [0, 0.1) is 11.8 Å². The predicted octanol–water partition coefficient (Wildman–Crippen LogP) is 2.48. The van der Waals surface area contributed by atoms with Gasteiger partial charge in [0.15, 0.2) is 23.2 Å². The smallest absolute Gasteiger partial charge is 0.167 e. The van der Waals surface area contributed by atoms with Crippen molar-refractivity contribution in [2.75, 3.05) is 11.9 Å². The molecule has 180 valence electrons. The summed E-state index contributed by atoms with van der Waals surface area (Å²) in [5.74, 6) is 2.15. The molecule has 0 amide bonds. The quantitative estimate of drug-likeness (QED) is 0.434. The first kappa shape index (κ1) is 22.2. The lowest BCUT2D eigenvalue weighted by Gasteiger charge is -2.49. The van der Waals surface area contributed by atoms with Gasteiger partial charge in [0.2, 0.25) is 0 Å². The summed E-state index contributed by atoms with van der Waals surface area (Å²) < 4.78 is 7.28. The molecule has 3 saturated carbocycles. The molecule has 3 aromatic rings. The molecule has 2 aromatic heterocycles. The number of benzene rings is 1. The maximum Gasteiger partial charge on any atom is 0.167 e. The largest absolute Gasteiger partial charge is 0.394 e. The van der Waals surface area contributed by atoms with Crippen LogP contribution in [0.15, 0.2) is 36.9 Å². The van der Waals surface area contributed by atoms with Crippen LogP contribution < -0.4 is 5.32 Å². The molecule has 0 spiro atoms. The van der Waals surface area contributed by atoms with Crippen LogP contribution in [-0.4, -0.2) is 65.8 Å². The van der Waals surface area contributed by atoms with Crippen molar-refractivity contribution in [2.45, 2.75) is 62.2 Å². The van der Waals surface area contributed by atoms with Crippen molar-refractivity contribution in [1.82, 2.24) is 19.5 Å². The van der Waals surface area contributed by atoms with E-state index in [1.807, 2.05) is 12.1 Å². The topological polar surface area (TPSA) is 126 Å². The second-order valence-corrected chi connectivity index (χ2v) is 10.1. The summed E-state index contributed by atoms with van der Waals surface area (Å²) in [6.45, 7) is -0.389. The molecule has 7 rings (SSSR count). The molecule has 3 aliphatic carbocycles. The van der Waals surface area contributed by atoms with Crippen molar-refractivity contribution in [2.24, 2.45) is 11.8 Å². The molecule has 10 heteroatoms. The van der Waals surface area contributed by atoms with Crippen molar-refractivity contribution in [3.8, 4) is 0 Å². The zero-order chi connectivity index (χ0) is 23.4. The maximum atomic E-state index is 10.5. The number of nitrogens with zero attached hydrogens (tertiary/aromatic N) is 4. The van der Waals surface area contributed by atoms with E-state index in [4.69, 9.17) is 16.3 Å². The normalized spacial score (nSPS) is 35.2. The molecule has 4 N–H and O–H groups in total. The van der Waals surface area contributed by atoms with Gasteiger partial charge in [0.1, 0.15) is 24.6 Å². The Morgan fingerprint density at radius 2 is 1.74 bits per heavy atom. The van der Waals surface area contributed by atoms with Gasteiger partial charge in [-0.3, -0.25) is 4.57 Å². The first-order valence-electron chi connectivity index (χ1n) is 11.9. The standard InChI is InChI=1S/C24H28ClN5O4/c25-15-7-5-13(6-8-15)17-12-1-3-14(4-2-12)18(17)29-22-19-23(27-10-26-22)30(11-28-19)24-21(33)20(32)16(9-31)34-24/h5-8,10-12,14,16-18,20-21,24,31-33H,1-4,9H2,(H,26,27,29)/t12?,14?,16-,17?,18?,20-,21-,24-/m1/s1. The number of ether oxygens (including phenoxy) is 1. The Morgan fingerprint density at radius 3 is 2.44 bits per heavy atom. The molecule has 9 nitrogen and oxygen atoms in total. The number of aliphatic hydroxyl groups excluding tert-OH is 3. The zero-order valence-corrected chi connectivity index (χ0v) is 19.3. The van der Waals surface area contributed by atoms with Gasteiger partial charge < -0.3 is 25.4 Å². The van der Waals surface area contributed by atoms with E-state index in [0.717, 1.165) is 5.02 Å². The van der Waals surface area contributed by atoms with Crippen molar-refractivity contribution in [1.29, 1.82) is 0 Å². The molecule has 4 fully saturated rings. The number of aliphatic hydroxyl groups is 3. The lowest BCUT2D eigenvalue weighted by atomic mass is 9.60. The zero-order valence-electron chi connectivity index (χ0n) is 18.5. The molecule has 0 radical (unpaired) electrons. The summed E-state index contributed by atoms with van der Waals surface area (Å²) >= 11 is 6.15. The number of halogens is 1. The second-order valence-electron chi connectivity index (χ2n) is 9.70. The van der Waals surface area contributed by atoms with E-state index < -0.39 is 24.5 Å². The third kappa shape index (κ3) is 3.58. The lowest BCUT2D eigenvalue weighted by Crippen LogP contribution is -2.47. The fourth-order valence-corrected chi connectivity index (χ4v) is 6.36. The highest BCUT2D eigenvalue weighted by Crippen LogP contribution is 2.51. The third-order valence-corrected chi connectivity index (χ3v) is 8.18. The lowest BCUT2D eigenvalue weighted by molar-refractivity contribution is -0.0511. The number of aromatic nitrogens is 4. The van der Waals surface area contributed by atoms with Crippen LogP contribution in [0.2, 0.25) is 5.02 Å². The van der Waals surface area contributed by atoms with Crippen LogP contribution in [0.3, 0.4) is 0 Å². The Kier molecular flexibility index (Phi) is 5.69. The van der Waals surface area contributed by atoms with Crippen LogP contribution in [0.1, 0.15) is 43.4 Å². The van der Waals surface area contributed by atoms with Crippen LogP contribution in [0.25, 0.3) is 11.2 Å². The molecule has 6 atom stereocenters. The molecule has 34 heavy (non-hydrogen) atoms. The predicted molar refractivity (Wildman–Crippen MR) is 125 cm³/mol. The summed E-state index contributed by atoms with van der Waals surface area (Å²) in [4.78, 5) is 13.4. The van der Waals surface area contributed by atoms with E-state index in [1.54, 1.807) is 4.57 Å². The average Bonchev–Trinajstić information content (AvgIpc) is 3.42. The number of rotatable bonds is 5. The molecular formula is C24H28ClN5O4. The number of anilines is 1. The van der Waals surface area contributed by atoms with E-state index in [-0.39, 0.29) is 12.6 Å². The van der Waals surface area contributed by atoms with Crippen LogP contribution in [0.5, 0.6) is 0 Å². The van der Waals surface area contributed by atoms with Gasteiger partial charge in [0.25, 0.3) is 0 Å². The van der Waals surface area contributed by atoms with Gasteiger partial charge in [-0.2, -0.15) is 0 Å². The van der Waals surface area contributed by atoms with Gasteiger partial charge in [-0.05, 0) is 55.2 Å². The van der Waals surface area contributed by atoms with Gasteiger partial charge in [0.05, 0.1) is 12.9 Å². The van der Waals surface area contributed by atoms with Crippen LogP contribution >= 0.6 is 11.6 Å². The van der Waals surface area contributed by atoms with Gasteiger partial charge in [-0.25, -0.2) is 15.0 Å². The highest BCUT2D eigenvalue weighted by molar-refractivity contribution is 6.30. The Bertz CT molecular complexity index is 1170. The van der Waals surface area contributed by atoms with Gasteiger partial charge in [-0.1, -0.05) is 23.7 Å². The van der Waals surface area contributed by atoms with E-state index in [2.05, 4.69) is 32.4 Å². The molecular weight excluding hydrogens is 458 g/mol. The Balaban J connectivity index is 1.33. The van der Waals surface area contributed by atoms with Crippen molar-refractivity contribution in [3.05, 3.63) is 47.5 Å². The molecule has 1 saturated heterocycles. The van der Waals surface area contributed by atoms with Crippen LogP contribution in [-0.2, 0) is 4.74 Å². The number of hydrogen-bond donors (Lipinski definition) is 4. The summed E-state index contributed by atoms with van der Waals surface area (Å²) in [6.07, 6.45) is 3.70. The fourth-order valence-electron chi connectivity index (χ4n) is 6.23. The Labute approximate surface area is 201 Å². The summed E-state index contributed by atoms with van der Waals surface area (Å²) in [7, 11) is 0. The summed E-state index contributed by atoms with van der Waals surface area (Å²) in [6, 6.07) is 8.40. The molecule has 1 aromatic carbocycles. The SMILES string of the molecule is OC[C@H]1O[C@@H](n2cnc3c(NC4C5CCC(CC5)C4c4ccc(Cl)cc4)ncnc32)[C@H](O)[C@@H]1O. The molecule has 2 bridgehead atoms. The van der Waals surface area contributed by atoms with Gasteiger partial charge >= 0.3 is 0 Å².